The normalized spacial score (nSPS) is 11.6. The molecule has 0 aliphatic rings. The Morgan fingerprint density at radius 1 is 1.62 bits per heavy atom. The number of nitrogens with zero attached hydrogens (tertiary/aromatic N) is 1. The highest BCUT2D eigenvalue weighted by molar-refractivity contribution is 6.32. The summed E-state index contributed by atoms with van der Waals surface area (Å²) in [5, 5.41) is 11.9. The van der Waals surface area contributed by atoms with Crippen molar-refractivity contribution >= 4 is 23.2 Å². The van der Waals surface area contributed by atoms with E-state index in [9.17, 15) is 4.79 Å². The van der Waals surface area contributed by atoms with Gasteiger partial charge in [0.1, 0.15) is 12.1 Å². The maximum absolute atomic E-state index is 10.7. The van der Waals surface area contributed by atoms with Crippen LogP contribution in [0.3, 0.4) is 0 Å². The lowest BCUT2D eigenvalue weighted by atomic mass is 10.2. The monoisotopic (exact) mass is 238 g/mol. The van der Waals surface area contributed by atoms with Crippen LogP contribution in [0.25, 0.3) is 0 Å². The highest BCUT2D eigenvalue weighted by atomic mass is 35.5. The minimum absolute atomic E-state index is 0.220. The molecule has 84 valence electrons. The van der Waals surface area contributed by atoms with Gasteiger partial charge in [-0.2, -0.15) is 5.26 Å². The highest BCUT2D eigenvalue weighted by Gasteiger charge is 2.08. The van der Waals surface area contributed by atoms with E-state index in [1.165, 1.54) is 0 Å². The second kappa shape index (κ2) is 5.35. The second-order valence-corrected chi connectivity index (χ2v) is 3.60. The predicted octanol–water partition coefficient (Wildman–Crippen LogP) is 0.436. The molecule has 0 fully saturated rings. The fraction of sp³-hybridized carbons (Fsp3) is 0.200. The van der Waals surface area contributed by atoms with Crippen LogP contribution in [0.4, 0.5) is 5.69 Å². The molecule has 0 bridgehead atoms. The van der Waals surface area contributed by atoms with Gasteiger partial charge in [0.05, 0.1) is 10.6 Å². The van der Waals surface area contributed by atoms with Gasteiger partial charge in [0.2, 0.25) is 5.91 Å². The first-order valence-corrected chi connectivity index (χ1v) is 4.91. The number of amides is 1. The Labute approximate surface area is 98.0 Å². The Morgan fingerprint density at radius 2 is 2.31 bits per heavy atom. The molecular formula is C10H11ClN4O. The first-order valence-electron chi connectivity index (χ1n) is 4.53. The van der Waals surface area contributed by atoms with Crippen LogP contribution in [0, 0.1) is 11.3 Å². The Bertz CT molecular complexity index is 441. The molecule has 1 aromatic carbocycles. The average Bonchev–Trinajstić information content (AvgIpc) is 2.25. The van der Waals surface area contributed by atoms with E-state index in [1.807, 2.05) is 6.07 Å². The third-order valence-corrected chi connectivity index (χ3v) is 2.29. The van der Waals surface area contributed by atoms with E-state index < -0.39 is 11.9 Å². The molecule has 1 rings (SSSR count). The van der Waals surface area contributed by atoms with Crippen LogP contribution >= 0.6 is 11.6 Å². The lowest BCUT2D eigenvalue weighted by molar-refractivity contribution is -0.118. The molecule has 16 heavy (non-hydrogen) atoms. The summed E-state index contributed by atoms with van der Waals surface area (Å²) in [5.41, 5.74) is 11.5. The van der Waals surface area contributed by atoms with Gasteiger partial charge in [0.25, 0.3) is 0 Å². The van der Waals surface area contributed by atoms with Crippen LogP contribution < -0.4 is 16.8 Å². The van der Waals surface area contributed by atoms with Gasteiger partial charge in [-0.05, 0) is 18.2 Å². The quantitative estimate of drug-likeness (QED) is 0.708. The second-order valence-electron chi connectivity index (χ2n) is 3.20. The molecule has 0 spiro atoms. The molecule has 5 nitrogen and oxygen atoms in total. The summed E-state index contributed by atoms with van der Waals surface area (Å²) in [7, 11) is 0. The minimum Gasteiger partial charge on any atom is -0.383 e. The molecule has 1 unspecified atom stereocenters. The number of nitriles is 1. The van der Waals surface area contributed by atoms with Crippen molar-refractivity contribution in [1.82, 2.24) is 0 Å². The molecule has 1 aromatic rings. The van der Waals surface area contributed by atoms with Gasteiger partial charge in [0, 0.05) is 12.2 Å². The van der Waals surface area contributed by atoms with Gasteiger partial charge in [-0.1, -0.05) is 11.6 Å². The number of anilines is 1. The fourth-order valence-electron chi connectivity index (χ4n) is 1.04. The zero-order valence-corrected chi connectivity index (χ0v) is 9.16. The molecule has 6 heteroatoms. The van der Waals surface area contributed by atoms with Crippen molar-refractivity contribution in [2.45, 2.75) is 6.04 Å². The van der Waals surface area contributed by atoms with E-state index >= 15 is 0 Å². The van der Waals surface area contributed by atoms with Crippen molar-refractivity contribution in [1.29, 1.82) is 5.26 Å². The summed E-state index contributed by atoms with van der Waals surface area (Å²) >= 11 is 5.82. The molecule has 0 aliphatic heterocycles. The van der Waals surface area contributed by atoms with Crippen LogP contribution in [-0.4, -0.2) is 18.5 Å². The van der Waals surface area contributed by atoms with Gasteiger partial charge in [-0.3, -0.25) is 4.79 Å². The third-order valence-electron chi connectivity index (χ3n) is 1.98. The molecule has 0 saturated heterocycles. The number of primary amides is 1. The number of rotatable bonds is 4. The van der Waals surface area contributed by atoms with E-state index in [0.29, 0.717) is 16.3 Å². The molecule has 1 amide bonds. The van der Waals surface area contributed by atoms with Gasteiger partial charge in [-0.15, -0.1) is 0 Å². The van der Waals surface area contributed by atoms with Crippen molar-refractivity contribution in [3.8, 4) is 6.07 Å². The van der Waals surface area contributed by atoms with Gasteiger partial charge >= 0.3 is 0 Å². The SMILES string of the molecule is N#Cc1ccc(NCC(N)C(N)=O)cc1Cl. The first-order chi connectivity index (χ1) is 7.54. The van der Waals surface area contributed by atoms with E-state index in [-0.39, 0.29) is 6.54 Å². The van der Waals surface area contributed by atoms with E-state index in [4.69, 9.17) is 28.3 Å². The fourth-order valence-corrected chi connectivity index (χ4v) is 1.27. The molecule has 0 aromatic heterocycles. The first kappa shape index (κ1) is 12.3. The van der Waals surface area contributed by atoms with Gasteiger partial charge < -0.3 is 16.8 Å². The summed E-state index contributed by atoms with van der Waals surface area (Å²) in [5.74, 6) is -0.577. The Kier molecular flexibility index (Phi) is 4.11. The lowest BCUT2D eigenvalue weighted by Crippen LogP contribution is -2.41. The maximum atomic E-state index is 10.7. The Balaban J connectivity index is 2.66. The van der Waals surface area contributed by atoms with Crippen LogP contribution in [0.2, 0.25) is 5.02 Å². The number of hydrogen-bond acceptors (Lipinski definition) is 4. The average molecular weight is 239 g/mol. The summed E-state index contributed by atoms with van der Waals surface area (Å²) in [6.07, 6.45) is 0. The van der Waals surface area contributed by atoms with Gasteiger partial charge in [0.15, 0.2) is 0 Å². The molecule has 1 atom stereocenters. The van der Waals surface area contributed by atoms with E-state index in [1.54, 1.807) is 18.2 Å². The van der Waals surface area contributed by atoms with Crippen LogP contribution in [0.1, 0.15) is 5.56 Å². The van der Waals surface area contributed by atoms with Crippen LogP contribution in [-0.2, 0) is 4.79 Å². The summed E-state index contributed by atoms with van der Waals surface area (Å²) < 4.78 is 0. The minimum atomic E-state index is -0.755. The van der Waals surface area contributed by atoms with Crippen molar-refractivity contribution in [3.05, 3.63) is 28.8 Å². The van der Waals surface area contributed by atoms with E-state index in [2.05, 4.69) is 5.32 Å². The van der Waals surface area contributed by atoms with Crippen molar-refractivity contribution in [2.24, 2.45) is 11.5 Å². The van der Waals surface area contributed by atoms with Crippen molar-refractivity contribution in [2.75, 3.05) is 11.9 Å². The number of benzene rings is 1. The Hall–Kier alpha value is -1.77. The standard InChI is InChI=1S/C10H11ClN4O/c11-8-3-7(2-1-6(8)4-12)15-5-9(13)10(14)16/h1-3,9,15H,5,13H2,(H2,14,16). The lowest BCUT2D eigenvalue weighted by Gasteiger charge is -2.10. The summed E-state index contributed by atoms with van der Waals surface area (Å²) in [6, 6.07) is 6.05. The molecule has 0 saturated carbocycles. The molecular weight excluding hydrogens is 228 g/mol. The maximum Gasteiger partial charge on any atom is 0.236 e. The molecule has 0 radical (unpaired) electrons. The smallest absolute Gasteiger partial charge is 0.236 e. The molecule has 0 heterocycles. The van der Waals surface area contributed by atoms with Crippen LogP contribution in [0.15, 0.2) is 18.2 Å². The number of hydrogen-bond donors (Lipinski definition) is 3. The number of halogens is 1. The van der Waals surface area contributed by atoms with Gasteiger partial charge in [-0.25, -0.2) is 0 Å². The zero-order valence-electron chi connectivity index (χ0n) is 8.40. The zero-order chi connectivity index (χ0) is 12.1. The summed E-state index contributed by atoms with van der Waals surface area (Å²) in [6.45, 7) is 0.220. The van der Waals surface area contributed by atoms with Crippen LogP contribution in [0.5, 0.6) is 0 Å². The summed E-state index contributed by atoms with van der Waals surface area (Å²) in [4.78, 5) is 10.7. The number of carbonyl (C=O) groups excluding carboxylic acids is 1. The largest absolute Gasteiger partial charge is 0.383 e. The van der Waals surface area contributed by atoms with E-state index in [0.717, 1.165) is 0 Å². The molecule has 0 aliphatic carbocycles. The topological polar surface area (TPSA) is 105 Å². The van der Waals surface area contributed by atoms with Crippen molar-refractivity contribution < 1.29 is 4.79 Å². The molecule has 5 N–H and O–H groups in total. The van der Waals surface area contributed by atoms with Crippen molar-refractivity contribution in [3.63, 3.8) is 0 Å². The third kappa shape index (κ3) is 3.12. The highest BCUT2D eigenvalue weighted by Crippen LogP contribution is 2.19. The number of carbonyl (C=O) groups is 1. The number of nitrogens with one attached hydrogen (secondary N) is 1. The number of nitrogens with two attached hydrogens (primary N) is 2. The Morgan fingerprint density at radius 3 is 2.81 bits per heavy atom. The predicted molar refractivity (Wildman–Crippen MR) is 61.8 cm³/mol.